The molecule has 4 nitrogen and oxygen atoms in total. The Labute approximate surface area is 83.2 Å². The molecular formula is C9H13NO3S. The summed E-state index contributed by atoms with van der Waals surface area (Å²) >= 11 is 0. The Balaban J connectivity index is 2.09. The van der Waals surface area contributed by atoms with Gasteiger partial charge in [0.1, 0.15) is 11.5 Å². The van der Waals surface area contributed by atoms with Gasteiger partial charge in [0.05, 0.1) is 11.5 Å². The smallest absolute Gasteiger partial charge is 0.161 e. The van der Waals surface area contributed by atoms with Gasteiger partial charge in [-0.3, -0.25) is 0 Å². The van der Waals surface area contributed by atoms with Crippen LogP contribution in [0.4, 0.5) is 0 Å². The van der Waals surface area contributed by atoms with Crippen LogP contribution in [0.2, 0.25) is 0 Å². The molecule has 1 aliphatic rings. The van der Waals surface area contributed by atoms with Crippen molar-refractivity contribution in [2.75, 3.05) is 13.1 Å². The van der Waals surface area contributed by atoms with Gasteiger partial charge >= 0.3 is 0 Å². The Bertz CT molecular complexity index is 376. The Morgan fingerprint density at radius 1 is 1.57 bits per heavy atom. The van der Waals surface area contributed by atoms with Gasteiger partial charge in [-0.2, -0.15) is 0 Å². The van der Waals surface area contributed by atoms with E-state index in [-0.39, 0.29) is 11.0 Å². The van der Waals surface area contributed by atoms with Crippen molar-refractivity contribution in [3.05, 3.63) is 24.2 Å². The van der Waals surface area contributed by atoms with Crippen LogP contribution in [0.5, 0.6) is 0 Å². The summed E-state index contributed by atoms with van der Waals surface area (Å²) in [7, 11) is -3.04. The van der Waals surface area contributed by atoms with Crippen molar-refractivity contribution in [3.8, 4) is 0 Å². The average molecular weight is 215 g/mol. The molecule has 1 atom stereocenters. The topological polar surface area (TPSA) is 59.3 Å². The second kappa shape index (κ2) is 3.74. The number of nitrogens with one attached hydrogen (secondary N) is 1. The van der Waals surface area contributed by atoms with Crippen LogP contribution in [0.1, 0.15) is 12.2 Å². The zero-order valence-corrected chi connectivity index (χ0v) is 8.59. The Morgan fingerprint density at radius 3 is 3.00 bits per heavy atom. The van der Waals surface area contributed by atoms with Crippen LogP contribution in [0.15, 0.2) is 22.8 Å². The Hall–Kier alpha value is -0.810. The van der Waals surface area contributed by atoms with E-state index >= 15 is 0 Å². The van der Waals surface area contributed by atoms with Crippen molar-refractivity contribution in [1.29, 1.82) is 0 Å². The molecule has 0 aromatic carbocycles. The van der Waals surface area contributed by atoms with E-state index in [1.165, 1.54) is 6.26 Å². The zero-order valence-electron chi connectivity index (χ0n) is 7.77. The van der Waals surface area contributed by atoms with Gasteiger partial charge in [-0.15, -0.1) is 0 Å². The minimum Gasteiger partial charge on any atom is -0.468 e. The maximum atomic E-state index is 11.8. The van der Waals surface area contributed by atoms with Crippen molar-refractivity contribution in [2.45, 2.75) is 17.4 Å². The van der Waals surface area contributed by atoms with Crippen molar-refractivity contribution in [1.82, 2.24) is 5.32 Å². The molecule has 1 aromatic rings. The Kier molecular flexibility index (Phi) is 2.60. The molecule has 1 unspecified atom stereocenters. The molecule has 2 heterocycles. The van der Waals surface area contributed by atoms with Gasteiger partial charge in [0, 0.05) is 6.54 Å². The van der Waals surface area contributed by atoms with E-state index in [4.69, 9.17) is 4.42 Å². The van der Waals surface area contributed by atoms with Crippen molar-refractivity contribution in [2.24, 2.45) is 0 Å². The molecule has 1 aliphatic heterocycles. The standard InChI is InChI=1S/C9H13NO3S/c11-14(12,9-3-4-10-6-9)7-8-2-1-5-13-8/h1-2,5,9-10H,3-4,6-7H2. The summed E-state index contributed by atoms with van der Waals surface area (Å²) in [5, 5.41) is 2.81. The highest BCUT2D eigenvalue weighted by molar-refractivity contribution is 7.91. The van der Waals surface area contributed by atoms with Crippen LogP contribution in [0, 0.1) is 0 Å². The summed E-state index contributed by atoms with van der Waals surface area (Å²) in [6.45, 7) is 1.37. The van der Waals surface area contributed by atoms with Crippen LogP contribution in [-0.4, -0.2) is 26.8 Å². The normalized spacial score (nSPS) is 22.7. The number of furan rings is 1. The molecule has 2 rings (SSSR count). The first kappa shape index (κ1) is 9.73. The third-order valence-corrected chi connectivity index (χ3v) is 4.55. The van der Waals surface area contributed by atoms with Crippen LogP contribution in [-0.2, 0) is 15.6 Å². The lowest BCUT2D eigenvalue weighted by atomic mass is 10.4. The van der Waals surface area contributed by atoms with E-state index in [0.717, 1.165) is 6.54 Å². The summed E-state index contributed by atoms with van der Waals surface area (Å²) in [5.74, 6) is 0.545. The summed E-state index contributed by atoms with van der Waals surface area (Å²) < 4.78 is 28.6. The predicted octanol–water partition coefficient (Wildman–Crippen LogP) is 0.556. The fourth-order valence-electron chi connectivity index (χ4n) is 1.65. The van der Waals surface area contributed by atoms with Crippen molar-refractivity contribution in [3.63, 3.8) is 0 Å². The molecule has 14 heavy (non-hydrogen) atoms. The van der Waals surface area contributed by atoms with Gasteiger partial charge in [0.2, 0.25) is 0 Å². The van der Waals surface area contributed by atoms with E-state index in [0.29, 0.717) is 18.7 Å². The van der Waals surface area contributed by atoms with Crippen LogP contribution in [0.25, 0.3) is 0 Å². The summed E-state index contributed by atoms with van der Waals surface area (Å²) in [6.07, 6.45) is 2.21. The summed E-state index contributed by atoms with van der Waals surface area (Å²) in [6, 6.07) is 3.40. The number of rotatable bonds is 3. The van der Waals surface area contributed by atoms with E-state index < -0.39 is 9.84 Å². The fourth-order valence-corrected chi connectivity index (χ4v) is 3.29. The quantitative estimate of drug-likeness (QED) is 0.800. The third kappa shape index (κ3) is 1.99. The highest BCUT2D eigenvalue weighted by Crippen LogP contribution is 2.16. The van der Waals surface area contributed by atoms with Gasteiger partial charge in [-0.1, -0.05) is 0 Å². The van der Waals surface area contributed by atoms with Gasteiger partial charge in [0.15, 0.2) is 9.84 Å². The Morgan fingerprint density at radius 2 is 2.43 bits per heavy atom. The first-order valence-electron chi connectivity index (χ1n) is 4.63. The molecule has 0 bridgehead atoms. The molecule has 0 radical (unpaired) electrons. The van der Waals surface area contributed by atoms with Gasteiger partial charge in [-0.05, 0) is 25.1 Å². The third-order valence-electron chi connectivity index (χ3n) is 2.45. The van der Waals surface area contributed by atoms with E-state index in [2.05, 4.69) is 5.32 Å². The number of hydrogen-bond donors (Lipinski definition) is 1. The van der Waals surface area contributed by atoms with E-state index in [9.17, 15) is 8.42 Å². The molecule has 1 saturated heterocycles. The van der Waals surface area contributed by atoms with Crippen LogP contribution in [0.3, 0.4) is 0 Å². The maximum Gasteiger partial charge on any atom is 0.161 e. The summed E-state index contributed by atoms with van der Waals surface area (Å²) in [5.41, 5.74) is 0. The van der Waals surface area contributed by atoms with Crippen LogP contribution < -0.4 is 5.32 Å². The highest BCUT2D eigenvalue weighted by Gasteiger charge is 2.29. The molecule has 0 aliphatic carbocycles. The molecular weight excluding hydrogens is 202 g/mol. The first-order chi connectivity index (χ1) is 6.68. The monoisotopic (exact) mass is 215 g/mol. The molecule has 0 saturated carbocycles. The zero-order chi connectivity index (χ0) is 10.0. The maximum absolute atomic E-state index is 11.8. The SMILES string of the molecule is O=S(=O)(Cc1ccco1)C1CCNC1. The summed E-state index contributed by atoms with van der Waals surface area (Å²) in [4.78, 5) is 0. The molecule has 1 fully saturated rings. The minimum absolute atomic E-state index is 0.0202. The highest BCUT2D eigenvalue weighted by atomic mass is 32.2. The predicted molar refractivity (Wildman–Crippen MR) is 52.6 cm³/mol. The second-order valence-corrected chi connectivity index (χ2v) is 5.78. The number of sulfone groups is 1. The van der Waals surface area contributed by atoms with Gasteiger partial charge in [0.25, 0.3) is 0 Å². The molecule has 0 spiro atoms. The lowest BCUT2D eigenvalue weighted by molar-refractivity contribution is 0.518. The van der Waals surface area contributed by atoms with E-state index in [1.54, 1.807) is 12.1 Å². The first-order valence-corrected chi connectivity index (χ1v) is 6.35. The lowest BCUT2D eigenvalue weighted by Gasteiger charge is -2.08. The van der Waals surface area contributed by atoms with Gasteiger partial charge < -0.3 is 9.73 Å². The van der Waals surface area contributed by atoms with Gasteiger partial charge in [-0.25, -0.2) is 8.42 Å². The molecule has 78 valence electrons. The lowest BCUT2D eigenvalue weighted by Crippen LogP contribution is -2.25. The second-order valence-electron chi connectivity index (χ2n) is 3.50. The van der Waals surface area contributed by atoms with Crippen LogP contribution >= 0.6 is 0 Å². The largest absolute Gasteiger partial charge is 0.468 e. The molecule has 1 aromatic heterocycles. The number of hydrogen-bond acceptors (Lipinski definition) is 4. The van der Waals surface area contributed by atoms with Crippen molar-refractivity contribution < 1.29 is 12.8 Å². The molecule has 1 N–H and O–H groups in total. The minimum atomic E-state index is -3.04. The fraction of sp³-hybridized carbons (Fsp3) is 0.556. The van der Waals surface area contributed by atoms with E-state index in [1.807, 2.05) is 0 Å². The molecule has 5 heteroatoms. The average Bonchev–Trinajstić information content (AvgIpc) is 2.71. The van der Waals surface area contributed by atoms with Crippen molar-refractivity contribution >= 4 is 9.84 Å². The molecule has 0 amide bonds.